The maximum atomic E-state index is 14.1. The van der Waals surface area contributed by atoms with Crippen LogP contribution in [0.3, 0.4) is 0 Å². The van der Waals surface area contributed by atoms with E-state index in [0.717, 1.165) is 0 Å². The molecule has 8 heteroatoms. The molecule has 0 amide bonds. The molecule has 0 aromatic rings. The Kier molecular flexibility index (Phi) is 8.37. The number of carbonyl (C=O) groups is 3. The standard InChI is InChI=1S/C13H16FNO6/c1-4-19-11(16)8(7-15)9(12(17)20-5-2)10(14)13(18)21-6-3/h10H,4-6H2,1-3H3/b9-8-. The molecule has 1 atom stereocenters. The molecule has 0 bridgehead atoms. The summed E-state index contributed by atoms with van der Waals surface area (Å²) in [6.45, 7) is 4.01. The second-order valence-corrected chi connectivity index (χ2v) is 3.46. The van der Waals surface area contributed by atoms with E-state index in [1.807, 2.05) is 0 Å². The van der Waals surface area contributed by atoms with E-state index in [1.54, 1.807) is 0 Å². The first kappa shape index (κ1) is 18.6. The molecule has 7 nitrogen and oxygen atoms in total. The van der Waals surface area contributed by atoms with Gasteiger partial charge in [-0.05, 0) is 20.8 Å². The molecule has 116 valence electrons. The maximum Gasteiger partial charge on any atom is 0.349 e. The van der Waals surface area contributed by atoms with Gasteiger partial charge >= 0.3 is 17.9 Å². The SMILES string of the molecule is CCOC(=O)/C(C#N)=C(\C(=O)OCC)C(F)C(=O)OCC. The van der Waals surface area contributed by atoms with Gasteiger partial charge in [0.2, 0.25) is 6.17 Å². The number of halogens is 1. The van der Waals surface area contributed by atoms with Crippen LogP contribution in [0.2, 0.25) is 0 Å². The van der Waals surface area contributed by atoms with Crippen LogP contribution in [0, 0.1) is 11.3 Å². The summed E-state index contributed by atoms with van der Waals surface area (Å²) in [5.74, 6) is -3.89. The Labute approximate surface area is 121 Å². The summed E-state index contributed by atoms with van der Waals surface area (Å²) in [5, 5.41) is 8.94. The van der Waals surface area contributed by atoms with Crippen LogP contribution < -0.4 is 0 Å². The summed E-state index contributed by atoms with van der Waals surface area (Å²) in [6.07, 6.45) is -2.61. The Morgan fingerprint density at radius 1 is 1.00 bits per heavy atom. The van der Waals surface area contributed by atoms with Gasteiger partial charge in [-0.25, -0.2) is 18.8 Å². The van der Waals surface area contributed by atoms with Crippen LogP contribution in [0.1, 0.15) is 20.8 Å². The lowest BCUT2D eigenvalue weighted by Gasteiger charge is -2.12. The van der Waals surface area contributed by atoms with E-state index < -0.39 is 35.2 Å². The number of alkyl halides is 1. The number of nitrogens with zero attached hydrogens (tertiary/aromatic N) is 1. The van der Waals surface area contributed by atoms with Crippen molar-refractivity contribution in [3.63, 3.8) is 0 Å². The van der Waals surface area contributed by atoms with Gasteiger partial charge in [0.05, 0.1) is 19.8 Å². The third-order valence-electron chi connectivity index (χ3n) is 2.10. The Balaban J connectivity index is 5.78. The van der Waals surface area contributed by atoms with E-state index in [2.05, 4.69) is 14.2 Å². The van der Waals surface area contributed by atoms with E-state index >= 15 is 0 Å². The summed E-state index contributed by atoms with van der Waals surface area (Å²) in [7, 11) is 0. The van der Waals surface area contributed by atoms with E-state index in [1.165, 1.54) is 26.8 Å². The van der Waals surface area contributed by atoms with Crippen molar-refractivity contribution in [3.8, 4) is 6.07 Å². The zero-order valence-corrected chi connectivity index (χ0v) is 12.0. The lowest BCUT2D eigenvalue weighted by atomic mass is 10.0. The van der Waals surface area contributed by atoms with Crippen LogP contribution in [-0.2, 0) is 28.6 Å². The minimum atomic E-state index is -2.61. The van der Waals surface area contributed by atoms with E-state index in [-0.39, 0.29) is 19.8 Å². The molecule has 0 saturated heterocycles. The van der Waals surface area contributed by atoms with Crippen LogP contribution in [0.5, 0.6) is 0 Å². The molecule has 0 aliphatic heterocycles. The average molecular weight is 301 g/mol. The molecule has 0 heterocycles. The highest BCUT2D eigenvalue weighted by Crippen LogP contribution is 2.17. The molecular formula is C13H16FNO6. The summed E-state index contributed by atoms with van der Waals surface area (Å²) in [6, 6.07) is 1.36. The number of esters is 3. The minimum Gasteiger partial charge on any atom is -0.464 e. The second-order valence-electron chi connectivity index (χ2n) is 3.46. The van der Waals surface area contributed by atoms with Crippen LogP contribution in [0.15, 0.2) is 11.1 Å². The summed E-state index contributed by atoms with van der Waals surface area (Å²) < 4.78 is 27.6. The number of rotatable bonds is 7. The van der Waals surface area contributed by atoms with Gasteiger partial charge in [0.1, 0.15) is 11.6 Å². The number of ether oxygens (including phenoxy) is 3. The van der Waals surface area contributed by atoms with Crippen molar-refractivity contribution in [2.75, 3.05) is 19.8 Å². The van der Waals surface area contributed by atoms with Gasteiger partial charge in [0, 0.05) is 0 Å². The Hall–Kier alpha value is -2.43. The Morgan fingerprint density at radius 3 is 1.90 bits per heavy atom. The maximum absolute atomic E-state index is 14.1. The molecule has 0 saturated carbocycles. The van der Waals surface area contributed by atoms with Gasteiger partial charge in [-0.15, -0.1) is 0 Å². The number of nitriles is 1. The minimum absolute atomic E-state index is 0.0868. The number of carbonyl (C=O) groups excluding carboxylic acids is 3. The van der Waals surface area contributed by atoms with Crippen molar-refractivity contribution in [3.05, 3.63) is 11.1 Å². The smallest absolute Gasteiger partial charge is 0.349 e. The van der Waals surface area contributed by atoms with Gasteiger partial charge in [-0.3, -0.25) is 0 Å². The zero-order valence-electron chi connectivity index (χ0n) is 12.0. The van der Waals surface area contributed by atoms with E-state index in [9.17, 15) is 18.8 Å². The molecule has 0 aliphatic carbocycles. The van der Waals surface area contributed by atoms with Gasteiger partial charge in [0.25, 0.3) is 0 Å². The molecule has 0 aromatic carbocycles. The van der Waals surface area contributed by atoms with Crippen molar-refractivity contribution in [1.29, 1.82) is 5.26 Å². The normalized spacial score (nSPS) is 12.5. The van der Waals surface area contributed by atoms with E-state index in [0.29, 0.717) is 0 Å². The Morgan fingerprint density at radius 2 is 1.48 bits per heavy atom. The lowest BCUT2D eigenvalue weighted by molar-refractivity contribution is -0.151. The molecule has 0 fully saturated rings. The largest absolute Gasteiger partial charge is 0.464 e. The summed E-state index contributed by atoms with van der Waals surface area (Å²) >= 11 is 0. The molecule has 0 spiro atoms. The molecular weight excluding hydrogens is 285 g/mol. The summed E-state index contributed by atoms with van der Waals surface area (Å²) in [4.78, 5) is 34.7. The van der Waals surface area contributed by atoms with Crippen LogP contribution in [0.25, 0.3) is 0 Å². The second kappa shape index (κ2) is 9.47. The van der Waals surface area contributed by atoms with Gasteiger partial charge in [0.15, 0.2) is 5.57 Å². The van der Waals surface area contributed by atoms with Crippen LogP contribution in [-0.4, -0.2) is 43.9 Å². The van der Waals surface area contributed by atoms with Crippen molar-refractivity contribution >= 4 is 17.9 Å². The first-order valence-electron chi connectivity index (χ1n) is 6.23. The molecule has 0 N–H and O–H groups in total. The molecule has 0 rings (SSSR count). The van der Waals surface area contributed by atoms with Gasteiger partial charge in [-0.1, -0.05) is 0 Å². The van der Waals surface area contributed by atoms with Gasteiger partial charge < -0.3 is 14.2 Å². The molecule has 0 aromatic heterocycles. The molecule has 0 radical (unpaired) electrons. The van der Waals surface area contributed by atoms with Crippen molar-refractivity contribution in [2.45, 2.75) is 26.9 Å². The highest BCUT2D eigenvalue weighted by Gasteiger charge is 2.36. The van der Waals surface area contributed by atoms with Crippen molar-refractivity contribution in [2.24, 2.45) is 0 Å². The topological polar surface area (TPSA) is 103 Å². The first-order chi connectivity index (χ1) is 9.94. The van der Waals surface area contributed by atoms with Crippen LogP contribution >= 0.6 is 0 Å². The fraction of sp³-hybridized carbons (Fsp3) is 0.538. The highest BCUT2D eigenvalue weighted by atomic mass is 19.1. The number of hydrogen-bond acceptors (Lipinski definition) is 7. The Bertz CT molecular complexity index is 480. The van der Waals surface area contributed by atoms with Crippen molar-refractivity contribution in [1.82, 2.24) is 0 Å². The van der Waals surface area contributed by atoms with E-state index in [4.69, 9.17) is 5.26 Å². The highest BCUT2D eigenvalue weighted by molar-refractivity contribution is 6.07. The summed E-state index contributed by atoms with van der Waals surface area (Å²) in [5.41, 5.74) is -1.94. The predicted octanol–water partition coefficient (Wildman–Crippen LogP) is 0.834. The monoisotopic (exact) mass is 301 g/mol. The van der Waals surface area contributed by atoms with Crippen LogP contribution in [0.4, 0.5) is 4.39 Å². The fourth-order valence-electron chi connectivity index (χ4n) is 1.29. The van der Waals surface area contributed by atoms with Gasteiger partial charge in [-0.2, -0.15) is 5.26 Å². The lowest BCUT2D eigenvalue weighted by Crippen LogP contribution is -2.29. The molecule has 1 unspecified atom stereocenters. The molecule has 21 heavy (non-hydrogen) atoms. The molecule has 0 aliphatic rings. The first-order valence-corrected chi connectivity index (χ1v) is 6.23. The third kappa shape index (κ3) is 5.22. The number of hydrogen-bond donors (Lipinski definition) is 0. The fourth-order valence-corrected chi connectivity index (χ4v) is 1.29. The predicted molar refractivity (Wildman–Crippen MR) is 67.4 cm³/mol. The quantitative estimate of drug-likeness (QED) is 0.297. The third-order valence-corrected chi connectivity index (χ3v) is 2.10. The average Bonchev–Trinajstić information content (AvgIpc) is 2.44. The van der Waals surface area contributed by atoms with Crippen molar-refractivity contribution < 1.29 is 33.0 Å². The zero-order chi connectivity index (χ0) is 16.4.